The highest BCUT2D eigenvalue weighted by Gasteiger charge is 2.34. The van der Waals surface area contributed by atoms with Crippen LogP contribution < -0.4 is 20.3 Å². The van der Waals surface area contributed by atoms with Gasteiger partial charge >= 0.3 is 6.09 Å². The molecule has 244 valence electrons. The van der Waals surface area contributed by atoms with E-state index >= 15 is 4.39 Å². The molecule has 1 amide bonds. The maximum absolute atomic E-state index is 15.2. The third kappa shape index (κ3) is 6.33. The largest absolute Gasteiger partial charge is 0.443 e. The molecular formula is C34H40F2N6O4. The zero-order valence-corrected chi connectivity index (χ0v) is 27.1. The fourth-order valence-electron chi connectivity index (χ4n) is 5.82. The van der Waals surface area contributed by atoms with E-state index in [9.17, 15) is 18.8 Å². The molecule has 0 fully saturated rings. The molecule has 12 heteroatoms. The Hall–Kier alpha value is -4.74. The Labute approximate surface area is 266 Å². The molecule has 0 atom stereocenters. The zero-order chi connectivity index (χ0) is 33.3. The van der Waals surface area contributed by atoms with Gasteiger partial charge in [0, 0.05) is 68.6 Å². The Morgan fingerprint density at radius 3 is 2.50 bits per heavy atom. The first-order chi connectivity index (χ1) is 21.8. The molecule has 0 unspecified atom stereocenters. The summed E-state index contributed by atoms with van der Waals surface area (Å²) in [4.78, 5) is 48.4. The Morgan fingerprint density at radius 1 is 1.07 bits per heavy atom. The smallest absolute Gasteiger partial charge is 0.414 e. The number of carbonyl (C=O) groups excluding carboxylic acids is 2. The molecule has 1 aromatic carbocycles. The number of amides is 1. The maximum atomic E-state index is 15.2. The normalized spacial score (nSPS) is 13.9. The highest BCUT2D eigenvalue weighted by molar-refractivity contribution is 6.06. The number of H-pyrrole nitrogens is 1. The quantitative estimate of drug-likeness (QED) is 0.190. The lowest BCUT2D eigenvalue weighted by Gasteiger charge is -2.38. The third-order valence-corrected chi connectivity index (χ3v) is 8.03. The number of hydrogen-bond acceptors (Lipinski definition) is 7. The second-order valence-electron chi connectivity index (χ2n) is 12.6. The number of fused-ring (bicyclic) bond motifs is 3. The standard InChI is InChI=1S/C28H28F2N6O3.C6H12O/c1-28(2,3)39-27(38)35-7-6-33(4)21-10-20-17(9-22(21)35)18-14-34(5)26(37)24-23(18)15(11-31-24)13-36(20)25-19(30)8-16(29)12-32-25;1-2-3-4-5-6-7/h8-12,14,31H,6-7,13H2,1-5H3;6H,2-5H2,1H3. The first-order valence-electron chi connectivity index (χ1n) is 15.5. The summed E-state index contributed by atoms with van der Waals surface area (Å²) in [7, 11) is 3.59. The van der Waals surface area contributed by atoms with Crippen molar-refractivity contribution in [3.05, 3.63) is 64.3 Å². The monoisotopic (exact) mass is 634 g/mol. The molecule has 0 bridgehead atoms. The van der Waals surface area contributed by atoms with Crippen LogP contribution in [0.5, 0.6) is 0 Å². The molecule has 0 saturated carbocycles. The van der Waals surface area contributed by atoms with Crippen LogP contribution in [0.25, 0.3) is 22.0 Å². The molecule has 0 aliphatic carbocycles. The van der Waals surface area contributed by atoms with Crippen LogP contribution >= 0.6 is 0 Å². The lowest BCUT2D eigenvalue weighted by Crippen LogP contribution is -2.45. The average Bonchev–Trinajstić information content (AvgIpc) is 3.36. The van der Waals surface area contributed by atoms with Gasteiger partial charge in [-0.25, -0.2) is 18.6 Å². The summed E-state index contributed by atoms with van der Waals surface area (Å²) >= 11 is 0. The van der Waals surface area contributed by atoms with Crippen LogP contribution in [-0.4, -0.2) is 52.7 Å². The molecule has 2 aliphatic rings. The van der Waals surface area contributed by atoms with Crippen LogP contribution in [0.3, 0.4) is 0 Å². The van der Waals surface area contributed by atoms with Crippen LogP contribution in [-0.2, 0) is 23.1 Å². The number of hydrogen-bond donors (Lipinski definition) is 1. The van der Waals surface area contributed by atoms with Crippen molar-refractivity contribution in [1.29, 1.82) is 0 Å². The number of pyridine rings is 2. The number of rotatable bonds is 5. The number of likely N-dealkylation sites (N-methyl/N-ethyl adjacent to an activating group) is 1. The van der Waals surface area contributed by atoms with Gasteiger partial charge in [-0.15, -0.1) is 0 Å². The van der Waals surface area contributed by atoms with Gasteiger partial charge in [-0.3, -0.25) is 9.69 Å². The number of carbonyl (C=O) groups is 2. The lowest BCUT2D eigenvalue weighted by molar-refractivity contribution is -0.107. The highest BCUT2D eigenvalue weighted by Crippen LogP contribution is 2.48. The number of aryl methyl sites for hydroxylation is 1. The van der Waals surface area contributed by atoms with Gasteiger partial charge in [0.1, 0.15) is 23.2 Å². The second kappa shape index (κ2) is 12.9. The van der Waals surface area contributed by atoms with Crippen molar-refractivity contribution in [3.8, 4) is 11.1 Å². The van der Waals surface area contributed by atoms with Crippen molar-refractivity contribution in [2.75, 3.05) is 34.8 Å². The fraction of sp³-hybridized carbons (Fsp3) is 0.412. The predicted octanol–water partition coefficient (Wildman–Crippen LogP) is 6.82. The van der Waals surface area contributed by atoms with Gasteiger partial charge in [-0.1, -0.05) is 19.8 Å². The second-order valence-corrected chi connectivity index (χ2v) is 12.6. The van der Waals surface area contributed by atoms with Gasteiger partial charge in [-0.05, 0) is 44.9 Å². The average molecular weight is 635 g/mol. The van der Waals surface area contributed by atoms with Crippen LogP contribution in [0.1, 0.15) is 58.9 Å². The Kier molecular flexibility index (Phi) is 9.18. The van der Waals surface area contributed by atoms with Gasteiger partial charge < -0.3 is 28.9 Å². The van der Waals surface area contributed by atoms with Gasteiger partial charge in [0.25, 0.3) is 5.56 Å². The molecule has 2 aliphatic heterocycles. The van der Waals surface area contributed by atoms with Gasteiger partial charge in [0.05, 0.1) is 29.8 Å². The molecule has 46 heavy (non-hydrogen) atoms. The number of aldehydes is 1. The summed E-state index contributed by atoms with van der Waals surface area (Å²) in [5.41, 5.74) is 3.69. The van der Waals surface area contributed by atoms with Crippen molar-refractivity contribution in [1.82, 2.24) is 14.5 Å². The Morgan fingerprint density at radius 2 is 1.83 bits per heavy atom. The minimum absolute atomic E-state index is 0.0473. The first kappa shape index (κ1) is 32.6. The van der Waals surface area contributed by atoms with Crippen molar-refractivity contribution in [2.24, 2.45) is 7.05 Å². The molecule has 6 rings (SSSR count). The summed E-state index contributed by atoms with van der Waals surface area (Å²) in [6, 6.07) is 4.56. The molecule has 1 N–H and O–H groups in total. The number of aromatic nitrogens is 3. The van der Waals surface area contributed by atoms with Gasteiger partial charge in [-0.2, -0.15) is 0 Å². The number of benzene rings is 1. The number of ether oxygens (including phenoxy) is 1. The van der Waals surface area contributed by atoms with Crippen LogP contribution in [0.2, 0.25) is 0 Å². The number of nitrogens with zero attached hydrogens (tertiary/aromatic N) is 5. The molecule has 0 radical (unpaired) electrons. The number of unbranched alkanes of at least 4 members (excludes halogenated alkanes) is 3. The fourth-order valence-corrected chi connectivity index (χ4v) is 5.82. The van der Waals surface area contributed by atoms with E-state index in [1.807, 2.05) is 44.9 Å². The molecule has 5 heterocycles. The van der Waals surface area contributed by atoms with Crippen LogP contribution in [0.4, 0.5) is 36.5 Å². The van der Waals surface area contributed by atoms with Crippen LogP contribution in [0.15, 0.2) is 41.6 Å². The van der Waals surface area contributed by atoms with Gasteiger partial charge in [0.15, 0.2) is 11.6 Å². The Bertz CT molecular complexity index is 1840. The van der Waals surface area contributed by atoms with Crippen molar-refractivity contribution >= 4 is 46.2 Å². The van der Waals surface area contributed by atoms with Crippen molar-refractivity contribution in [3.63, 3.8) is 0 Å². The number of nitrogens with one attached hydrogen (secondary N) is 1. The van der Waals surface area contributed by atoms with E-state index in [4.69, 9.17) is 4.74 Å². The van der Waals surface area contributed by atoms with E-state index in [0.717, 1.165) is 48.2 Å². The summed E-state index contributed by atoms with van der Waals surface area (Å²) < 4.78 is 36.2. The summed E-state index contributed by atoms with van der Waals surface area (Å²) in [5.74, 6) is -1.64. The van der Waals surface area contributed by atoms with Gasteiger partial charge in [0.2, 0.25) is 0 Å². The first-order valence-corrected chi connectivity index (χ1v) is 15.5. The maximum Gasteiger partial charge on any atom is 0.414 e. The van der Waals surface area contributed by atoms with E-state index in [1.165, 1.54) is 17.4 Å². The van der Waals surface area contributed by atoms with Crippen molar-refractivity contribution in [2.45, 2.75) is 65.5 Å². The molecule has 0 saturated heterocycles. The predicted molar refractivity (Wildman–Crippen MR) is 176 cm³/mol. The van der Waals surface area contributed by atoms with E-state index in [0.29, 0.717) is 40.9 Å². The highest BCUT2D eigenvalue weighted by atomic mass is 19.1. The van der Waals surface area contributed by atoms with E-state index in [2.05, 4.69) is 16.9 Å². The minimum atomic E-state index is -0.810. The third-order valence-electron chi connectivity index (χ3n) is 8.03. The summed E-state index contributed by atoms with van der Waals surface area (Å²) in [5, 5.41) is 0.706. The van der Waals surface area contributed by atoms with Crippen LogP contribution in [0, 0.1) is 11.6 Å². The number of anilines is 4. The molecular weight excluding hydrogens is 594 g/mol. The number of aromatic amines is 1. The topological polar surface area (TPSA) is 104 Å². The number of halogens is 2. The van der Waals surface area contributed by atoms with E-state index in [-0.39, 0.29) is 17.9 Å². The molecule has 10 nitrogen and oxygen atoms in total. The summed E-state index contributed by atoms with van der Waals surface area (Å²) in [6.45, 7) is 8.72. The van der Waals surface area contributed by atoms with E-state index < -0.39 is 23.3 Å². The SMILES string of the molecule is CCCCCC=O.CN1CCN(C(=O)OC(C)(C)C)c2cc3c(cc21)N(c1ncc(F)cc1F)Cc1c[nH]c2c(=O)n(C)cc-3c12. The Balaban J connectivity index is 0.000000537. The van der Waals surface area contributed by atoms with E-state index in [1.54, 1.807) is 29.2 Å². The molecule has 0 spiro atoms. The zero-order valence-electron chi connectivity index (χ0n) is 27.1. The summed E-state index contributed by atoms with van der Waals surface area (Å²) in [6.07, 6.45) is 9.18. The minimum Gasteiger partial charge on any atom is -0.443 e. The lowest BCUT2D eigenvalue weighted by atomic mass is 9.98. The molecule has 4 aromatic rings. The molecule has 3 aromatic heterocycles. The van der Waals surface area contributed by atoms with Crippen molar-refractivity contribution < 1.29 is 23.1 Å².